The van der Waals surface area contributed by atoms with Gasteiger partial charge in [0.15, 0.2) is 0 Å². The summed E-state index contributed by atoms with van der Waals surface area (Å²) in [7, 11) is 0. The zero-order valence-corrected chi connectivity index (χ0v) is 10.4. The fourth-order valence-electron chi connectivity index (χ4n) is 1.77. The number of hydrogen-bond donors (Lipinski definition) is 2. The molecule has 2 unspecified atom stereocenters. The normalized spacial score (nSPS) is 24.1. The molecule has 6 heteroatoms. The maximum atomic E-state index is 13.5. The Balaban J connectivity index is 2.23. The third-order valence-electron chi connectivity index (χ3n) is 2.71. The molecule has 0 saturated carbocycles. The Morgan fingerprint density at radius 1 is 1.35 bits per heavy atom. The smallest absolute Gasteiger partial charge is 0.257 e. The summed E-state index contributed by atoms with van der Waals surface area (Å²) < 4.78 is 14.1. The lowest BCUT2D eigenvalue weighted by molar-refractivity contribution is 0.0572. The van der Waals surface area contributed by atoms with Crippen molar-refractivity contribution in [2.24, 2.45) is 0 Å². The van der Waals surface area contributed by atoms with Gasteiger partial charge in [-0.2, -0.15) is 0 Å². The van der Waals surface area contributed by atoms with Crippen LogP contribution in [0.4, 0.5) is 4.39 Å². The quantitative estimate of drug-likeness (QED) is 0.805. The van der Waals surface area contributed by atoms with E-state index in [2.05, 4.69) is 15.9 Å². The second kappa shape index (κ2) is 4.72. The van der Waals surface area contributed by atoms with Crippen LogP contribution in [0.3, 0.4) is 0 Å². The van der Waals surface area contributed by atoms with E-state index in [4.69, 9.17) is 0 Å². The highest BCUT2D eigenvalue weighted by Gasteiger charge is 2.33. The molecule has 2 N–H and O–H groups in total. The molecule has 1 saturated heterocycles. The number of rotatable bonds is 1. The van der Waals surface area contributed by atoms with Crippen molar-refractivity contribution in [1.29, 1.82) is 0 Å². The van der Waals surface area contributed by atoms with Gasteiger partial charge in [0.1, 0.15) is 5.82 Å². The van der Waals surface area contributed by atoms with Crippen LogP contribution in [0.15, 0.2) is 22.7 Å². The fraction of sp³-hybridized carbons (Fsp3) is 0.364. The average Bonchev–Trinajstić information content (AvgIpc) is 2.62. The molecule has 0 radical (unpaired) electrons. The molecule has 0 aliphatic carbocycles. The number of hydrogen-bond acceptors (Lipinski definition) is 3. The standard InChI is InChI=1S/C11H11BrFNO3/c12-6-1-2-8(13)7(3-6)11(17)14-4-9(15)10(16)5-14/h1-3,9-10,15-16H,4-5H2. The van der Waals surface area contributed by atoms with E-state index in [1.54, 1.807) is 0 Å². The SMILES string of the molecule is O=C(c1cc(Br)ccc1F)N1CC(O)C(O)C1. The first-order valence-electron chi connectivity index (χ1n) is 5.09. The largest absolute Gasteiger partial charge is 0.388 e. The van der Waals surface area contributed by atoms with Crippen molar-refractivity contribution in [3.63, 3.8) is 0 Å². The van der Waals surface area contributed by atoms with Gasteiger partial charge < -0.3 is 15.1 Å². The lowest BCUT2D eigenvalue weighted by atomic mass is 10.2. The first-order chi connectivity index (χ1) is 7.99. The number of carbonyl (C=O) groups excluding carboxylic acids is 1. The van der Waals surface area contributed by atoms with Gasteiger partial charge in [-0.1, -0.05) is 15.9 Å². The molecule has 1 aliphatic heterocycles. The summed E-state index contributed by atoms with van der Waals surface area (Å²) in [5.74, 6) is -1.14. The highest BCUT2D eigenvalue weighted by molar-refractivity contribution is 9.10. The van der Waals surface area contributed by atoms with Gasteiger partial charge in [0.25, 0.3) is 5.91 Å². The van der Waals surface area contributed by atoms with Gasteiger partial charge in [-0.3, -0.25) is 4.79 Å². The Kier molecular flexibility index (Phi) is 3.46. The summed E-state index contributed by atoms with van der Waals surface area (Å²) in [5, 5.41) is 18.7. The van der Waals surface area contributed by atoms with Gasteiger partial charge >= 0.3 is 0 Å². The molecule has 4 nitrogen and oxygen atoms in total. The summed E-state index contributed by atoms with van der Waals surface area (Å²) in [6, 6.07) is 4.08. The van der Waals surface area contributed by atoms with Crippen molar-refractivity contribution >= 4 is 21.8 Å². The molecule has 1 aromatic carbocycles. The van der Waals surface area contributed by atoms with E-state index in [1.807, 2.05) is 0 Å². The predicted octanol–water partition coefficient (Wildman–Crippen LogP) is 0.766. The van der Waals surface area contributed by atoms with E-state index in [0.717, 1.165) is 0 Å². The van der Waals surface area contributed by atoms with E-state index in [1.165, 1.54) is 23.1 Å². The van der Waals surface area contributed by atoms with Gasteiger partial charge in [0.05, 0.1) is 17.8 Å². The van der Waals surface area contributed by atoms with Crippen LogP contribution < -0.4 is 0 Å². The third kappa shape index (κ3) is 2.48. The van der Waals surface area contributed by atoms with Crippen LogP contribution in [-0.2, 0) is 0 Å². The summed E-state index contributed by atoms with van der Waals surface area (Å²) in [6.45, 7) is 0.0396. The molecule has 0 bridgehead atoms. The van der Waals surface area contributed by atoms with Gasteiger partial charge in [-0.15, -0.1) is 0 Å². The molecule has 17 heavy (non-hydrogen) atoms. The summed E-state index contributed by atoms with van der Waals surface area (Å²) in [6.07, 6.45) is -1.93. The highest BCUT2D eigenvalue weighted by Crippen LogP contribution is 2.20. The van der Waals surface area contributed by atoms with Crippen molar-refractivity contribution in [3.05, 3.63) is 34.1 Å². The molecule has 92 valence electrons. The van der Waals surface area contributed by atoms with Crippen molar-refractivity contribution in [2.45, 2.75) is 12.2 Å². The van der Waals surface area contributed by atoms with E-state index >= 15 is 0 Å². The van der Waals surface area contributed by atoms with Crippen LogP contribution in [0, 0.1) is 5.82 Å². The molecular formula is C11H11BrFNO3. The number of benzene rings is 1. The first kappa shape index (κ1) is 12.5. The molecular weight excluding hydrogens is 293 g/mol. The summed E-state index contributed by atoms with van der Waals surface area (Å²) >= 11 is 3.16. The van der Waals surface area contributed by atoms with Crippen molar-refractivity contribution in [1.82, 2.24) is 4.90 Å². The topological polar surface area (TPSA) is 60.8 Å². The van der Waals surface area contributed by atoms with Crippen LogP contribution >= 0.6 is 15.9 Å². The maximum absolute atomic E-state index is 13.5. The Labute approximate surface area is 106 Å². The van der Waals surface area contributed by atoms with Crippen molar-refractivity contribution in [2.75, 3.05) is 13.1 Å². The average molecular weight is 304 g/mol. The maximum Gasteiger partial charge on any atom is 0.257 e. The number of β-amino-alcohol motifs (C(OH)–C–C–N with tert-alkyl or cyclic N) is 2. The van der Waals surface area contributed by atoms with Crippen LogP contribution in [0.5, 0.6) is 0 Å². The molecule has 1 aliphatic rings. The number of carbonyl (C=O) groups is 1. The number of halogens is 2. The molecule has 1 fully saturated rings. The minimum absolute atomic E-state index is 0.0198. The van der Waals surface area contributed by atoms with Crippen molar-refractivity contribution in [3.8, 4) is 0 Å². The molecule has 2 rings (SSSR count). The van der Waals surface area contributed by atoms with Crippen LogP contribution in [0.2, 0.25) is 0 Å². The number of likely N-dealkylation sites (tertiary alicyclic amines) is 1. The van der Waals surface area contributed by atoms with E-state index in [-0.39, 0.29) is 18.7 Å². The monoisotopic (exact) mass is 303 g/mol. The number of aliphatic hydroxyl groups is 2. The fourth-order valence-corrected chi connectivity index (χ4v) is 2.13. The zero-order chi connectivity index (χ0) is 12.6. The minimum atomic E-state index is -0.964. The van der Waals surface area contributed by atoms with E-state index in [9.17, 15) is 19.4 Å². The van der Waals surface area contributed by atoms with Gasteiger partial charge in [0.2, 0.25) is 0 Å². The second-order valence-electron chi connectivity index (χ2n) is 3.97. The van der Waals surface area contributed by atoms with Gasteiger partial charge in [0, 0.05) is 17.6 Å². The van der Waals surface area contributed by atoms with Crippen molar-refractivity contribution < 1.29 is 19.4 Å². The predicted molar refractivity (Wildman–Crippen MR) is 62.0 cm³/mol. The second-order valence-corrected chi connectivity index (χ2v) is 4.88. The Bertz CT molecular complexity index is 444. The minimum Gasteiger partial charge on any atom is -0.388 e. The summed E-state index contributed by atoms with van der Waals surface area (Å²) in [5.41, 5.74) is -0.0688. The molecule has 1 amide bonds. The zero-order valence-electron chi connectivity index (χ0n) is 8.81. The molecule has 0 spiro atoms. The van der Waals surface area contributed by atoms with Crippen LogP contribution in [0.1, 0.15) is 10.4 Å². The summed E-state index contributed by atoms with van der Waals surface area (Å²) in [4.78, 5) is 13.2. The molecule has 1 heterocycles. The Morgan fingerprint density at radius 3 is 2.53 bits per heavy atom. The van der Waals surface area contributed by atoms with Crippen LogP contribution in [-0.4, -0.2) is 46.3 Å². The molecule has 0 aromatic heterocycles. The lowest BCUT2D eigenvalue weighted by Gasteiger charge is -2.15. The van der Waals surface area contributed by atoms with Gasteiger partial charge in [-0.05, 0) is 18.2 Å². The van der Waals surface area contributed by atoms with E-state index < -0.39 is 23.9 Å². The number of aliphatic hydroxyl groups excluding tert-OH is 2. The number of nitrogens with zero attached hydrogens (tertiary/aromatic N) is 1. The number of amides is 1. The van der Waals surface area contributed by atoms with Crippen LogP contribution in [0.25, 0.3) is 0 Å². The van der Waals surface area contributed by atoms with Gasteiger partial charge in [-0.25, -0.2) is 4.39 Å². The highest BCUT2D eigenvalue weighted by atomic mass is 79.9. The Morgan fingerprint density at radius 2 is 1.94 bits per heavy atom. The first-order valence-corrected chi connectivity index (χ1v) is 5.89. The van der Waals surface area contributed by atoms with E-state index in [0.29, 0.717) is 4.47 Å². The Hall–Kier alpha value is -0.980. The third-order valence-corrected chi connectivity index (χ3v) is 3.20. The molecule has 2 atom stereocenters. The molecule has 1 aromatic rings. The lowest BCUT2D eigenvalue weighted by Crippen LogP contribution is -2.30.